The molecule has 0 bridgehead atoms. The fourth-order valence-electron chi connectivity index (χ4n) is 1.73. The first-order valence-electron chi connectivity index (χ1n) is 6.11. The van der Waals surface area contributed by atoms with Crippen molar-refractivity contribution in [2.45, 2.75) is 19.3 Å². The lowest BCUT2D eigenvalue weighted by Crippen LogP contribution is -2.50. The van der Waals surface area contributed by atoms with Crippen LogP contribution in [-0.4, -0.2) is 59.2 Å². The molecule has 1 saturated heterocycles. The normalized spacial score (nSPS) is 18.4. The zero-order valence-electron chi connectivity index (χ0n) is 10.4. The van der Waals surface area contributed by atoms with Crippen molar-refractivity contribution in [3.05, 3.63) is 0 Å². The summed E-state index contributed by atoms with van der Waals surface area (Å²) in [5.74, 6) is 0. The Morgan fingerprint density at radius 2 is 1.94 bits per heavy atom. The minimum atomic E-state index is -3.26. The maximum Gasteiger partial charge on any atom is 0.279 e. The van der Waals surface area contributed by atoms with E-state index >= 15 is 0 Å². The van der Waals surface area contributed by atoms with E-state index in [9.17, 15) is 8.42 Å². The van der Waals surface area contributed by atoms with Crippen molar-refractivity contribution in [2.24, 2.45) is 0 Å². The molecular formula is C10H23N3O3S. The molecule has 0 spiro atoms. The molecule has 0 amide bonds. The van der Waals surface area contributed by atoms with Gasteiger partial charge in [0.1, 0.15) is 0 Å². The van der Waals surface area contributed by atoms with E-state index in [0.717, 1.165) is 39.0 Å². The van der Waals surface area contributed by atoms with E-state index in [1.54, 1.807) is 7.11 Å². The van der Waals surface area contributed by atoms with E-state index in [1.165, 1.54) is 4.31 Å². The summed E-state index contributed by atoms with van der Waals surface area (Å²) in [6.07, 6.45) is 2.82. The smallest absolute Gasteiger partial charge is 0.279 e. The molecule has 0 aromatic heterocycles. The fourth-order valence-corrected chi connectivity index (χ4v) is 2.97. The maximum atomic E-state index is 11.8. The first-order chi connectivity index (χ1) is 8.17. The van der Waals surface area contributed by atoms with Gasteiger partial charge in [0.15, 0.2) is 0 Å². The molecule has 0 aliphatic carbocycles. The van der Waals surface area contributed by atoms with Crippen LogP contribution in [0.5, 0.6) is 0 Å². The minimum absolute atomic E-state index is 0.510. The molecule has 0 radical (unpaired) electrons. The van der Waals surface area contributed by atoms with Crippen molar-refractivity contribution in [3.8, 4) is 0 Å². The van der Waals surface area contributed by atoms with Gasteiger partial charge < -0.3 is 10.1 Å². The first kappa shape index (κ1) is 14.8. The topological polar surface area (TPSA) is 70.7 Å². The first-order valence-corrected chi connectivity index (χ1v) is 7.55. The molecule has 1 heterocycles. The molecule has 6 nitrogen and oxygen atoms in total. The molecule has 0 atom stereocenters. The molecule has 7 heteroatoms. The monoisotopic (exact) mass is 265 g/mol. The Morgan fingerprint density at radius 1 is 1.24 bits per heavy atom. The Hall–Kier alpha value is -0.210. The van der Waals surface area contributed by atoms with Crippen LogP contribution in [0, 0.1) is 0 Å². The molecule has 17 heavy (non-hydrogen) atoms. The van der Waals surface area contributed by atoms with Crippen molar-refractivity contribution in [2.75, 3.05) is 46.4 Å². The number of piperazine rings is 1. The van der Waals surface area contributed by atoms with E-state index in [-0.39, 0.29) is 0 Å². The second-order valence-electron chi connectivity index (χ2n) is 4.10. The maximum absolute atomic E-state index is 11.8. The highest BCUT2D eigenvalue weighted by atomic mass is 32.2. The third-order valence-electron chi connectivity index (χ3n) is 2.73. The summed E-state index contributed by atoms with van der Waals surface area (Å²) in [4.78, 5) is 0. The molecular weight excluding hydrogens is 242 g/mol. The second kappa shape index (κ2) is 7.99. The molecule has 0 aromatic carbocycles. The van der Waals surface area contributed by atoms with Crippen LogP contribution in [0.2, 0.25) is 0 Å². The quantitative estimate of drug-likeness (QED) is 0.583. The Kier molecular flexibility index (Phi) is 6.98. The fraction of sp³-hybridized carbons (Fsp3) is 1.00. The molecule has 1 aliphatic heterocycles. The molecule has 0 unspecified atom stereocenters. The van der Waals surface area contributed by atoms with Crippen molar-refractivity contribution in [1.29, 1.82) is 0 Å². The van der Waals surface area contributed by atoms with E-state index in [4.69, 9.17) is 4.74 Å². The number of nitrogens with zero attached hydrogens (tertiary/aromatic N) is 1. The van der Waals surface area contributed by atoms with Gasteiger partial charge in [-0.3, -0.25) is 0 Å². The van der Waals surface area contributed by atoms with Gasteiger partial charge in [0, 0.05) is 46.4 Å². The summed E-state index contributed by atoms with van der Waals surface area (Å²) in [5, 5.41) is 3.13. The van der Waals surface area contributed by atoms with Gasteiger partial charge in [-0.25, -0.2) is 4.72 Å². The largest absolute Gasteiger partial charge is 0.385 e. The van der Waals surface area contributed by atoms with Crippen LogP contribution in [-0.2, 0) is 14.9 Å². The number of hydrogen-bond acceptors (Lipinski definition) is 4. The number of unbranched alkanes of at least 4 members (excludes halogenated alkanes) is 2. The van der Waals surface area contributed by atoms with Crippen molar-refractivity contribution < 1.29 is 13.2 Å². The highest BCUT2D eigenvalue weighted by Crippen LogP contribution is 2.01. The number of ether oxygens (including phenoxy) is 1. The molecule has 0 aromatic rings. The summed E-state index contributed by atoms with van der Waals surface area (Å²) in [7, 11) is -1.59. The number of nitrogens with one attached hydrogen (secondary N) is 2. The molecule has 1 aliphatic rings. The summed E-state index contributed by atoms with van der Waals surface area (Å²) in [5.41, 5.74) is 0. The second-order valence-corrected chi connectivity index (χ2v) is 5.86. The van der Waals surface area contributed by atoms with Gasteiger partial charge in [-0.15, -0.1) is 0 Å². The summed E-state index contributed by atoms with van der Waals surface area (Å²) in [6, 6.07) is 0. The molecule has 1 fully saturated rings. The van der Waals surface area contributed by atoms with Crippen LogP contribution in [0.3, 0.4) is 0 Å². The minimum Gasteiger partial charge on any atom is -0.385 e. The Bertz CT molecular complexity index is 289. The SMILES string of the molecule is COCCCCCNS(=O)(=O)N1CCNCC1. The third kappa shape index (κ3) is 5.78. The predicted octanol–water partition coefficient (Wildman–Crippen LogP) is -0.457. The standard InChI is InChI=1S/C10H23N3O3S/c1-16-10-4-2-3-5-12-17(14,15)13-8-6-11-7-9-13/h11-12H,2-10H2,1H3. The van der Waals surface area contributed by atoms with Gasteiger partial charge in [0.25, 0.3) is 10.2 Å². The van der Waals surface area contributed by atoms with Crippen LogP contribution < -0.4 is 10.0 Å². The third-order valence-corrected chi connectivity index (χ3v) is 4.34. The van der Waals surface area contributed by atoms with Gasteiger partial charge in [-0.1, -0.05) is 0 Å². The average molecular weight is 265 g/mol. The van der Waals surface area contributed by atoms with E-state index in [2.05, 4.69) is 10.0 Å². The van der Waals surface area contributed by atoms with Gasteiger partial charge in [-0.2, -0.15) is 12.7 Å². The van der Waals surface area contributed by atoms with E-state index in [0.29, 0.717) is 19.6 Å². The van der Waals surface area contributed by atoms with Crippen LogP contribution in [0.15, 0.2) is 0 Å². The lowest BCUT2D eigenvalue weighted by Gasteiger charge is -2.26. The molecule has 2 N–H and O–H groups in total. The highest BCUT2D eigenvalue weighted by Gasteiger charge is 2.22. The zero-order valence-corrected chi connectivity index (χ0v) is 11.3. The number of hydrogen-bond donors (Lipinski definition) is 2. The highest BCUT2D eigenvalue weighted by molar-refractivity contribution is 7.87. The average Bonchev–Trinajstić information content (AvgIpc) is 2.35. The van der Waals surface area contributed by atoms with Crippen LogP contribution >= 0.6 is 0 Å². The Labute approximate surface area is 104 Å². The lowest BCUT2D eigenvalue weighted by atomic mass is 10.2. The van der Waals surface area contributed by atoms with Crippen molar-refractivity contribution in [3.63, 3.8) is 0 Å². The molecule has 102 valence electrons. The van der Waals surface area contributed by atoms with Gasteiger partial charge in [0.2, 0.25) is 0 Å². The summed E-state index contributed by atoms with van der Waals surface area (Å²) < 4.78 is 32.7. The summed E-state index contributed by atoms with van der Waals surface area (Å²) >= 11 is 0. The van der Waals surface area contributed by atoms with E-state index in [1.807, 2.05) is 0 Å². The Morgan fingerprint density at radius 3 is 2.59 bits per heavy atom. The molecule has 0 saturated carbocycles. The van der Waals surface area contributed by atoms with Gasteiger partial charge in [-0.05, 0) is 19.3 Å². The van der Waals surface area contributed by atoms with E-state index < -0.39 is 10.2 Å². The van der Waals surface area contributed by atoms with Crippen LogP contribution in [0.1, 0.15) is 19.3 Å². The van der Waals surface area contributed by atoms with Crippen molar-refractivity contribution >= 4 is 10.2 Å². The van der Waals surface area contributed by atoms with Crippen LogP contribution in [0.4, 0.5) is 0 Å². The number of methoxy groups -OCH3 is 1. The van der Waals surface area contributed by atoms with Gasteiger partial charge >= 0.3 is 0 Å². The number of rotatable bonds is 8. The predicted molar refractivity (Wildman–Crippen MR) is 67.1 cm³/mol. The van der Waals surface area contributed by atoms with Crippen molar-refractivity contribution in [1.82, 2.24) is 14.3 Å². The van der Waals surface area contributed by atoms with Crippen LogP contribution in [0.25, 0.3) is 0 Å². The van der Waals surface area contributed by atoms with Gasteiger partial charge in [0.05, 0.1) is 0 Å². The Balaban J connectivity index is 2.15. The zero-order chi connectivity index (χ0) is 12.6. The summed E-state index contributed by atoms with van der Waals surface area (Å²) in [6.45, 7) is 3.82. The lowest BCUT2D eigenvalue weighted by molar-refractivity contribution is 0.192. The molecule has 1 rings (SSSR count).